The maximum absolute atomic E-state index is 9.05. The van der Waals surface area contributed by atoms with Crippen molar-refractivity contribution in [2.45, 2.75) is 20.3 Å². The predicted octanol–water partition coefficient (Wildman–Crippen LogP) is 3.32. The van der Waals surface area contributed by atoms with Crippen LogP contribution in [0.15, 0.2) is 24.3 Å². The minimum absolute atomic E-state index is 0.679. The molecule has 0 aliphatic heterocycles. The van der Waals surface area contributed by atoms with Crippen molar-refractivity contribution in [3.63, 3.8) is 0 Å². The molecule has 0 aliphatic rings. The highest BCUT2D eigenvalue weighted by Gasteiger charge is 2.07. The summed E-state index contributed by atoms with van der Waals surface area (Å²) in [6.07, 6.45) is 2.76. The second kappa shape index (κ2) is 5.21. The number of aryl methyl sites for hydroxylation is 1. The summed E-state index contributed by atoms with van der Waals surface area (Å²) in [4.78, 5) is 0. The highest BCUT2D eigenvalue weighted by molar-refractivity contribution is 5.80. The SMILES string of the molecule is CC/C=C(\C#N)c1cc(C)ccc1OC. The average Bonchev–Trinajstić information content (AvgIpc) is 2.26. The Labute approximate surface area is 90.8 Å². The summed E-state index contributed by atoms with van der Waals surface area (Å²) < 4.78 is 5.24. The van der Waals surface area contributed by atoms with Gasteiger partial charge in [0.25, 0.3) is 0 Å². The number of methoxy groups -OCH3 is 1. The fraction of sp³-hybridized carbons (Fsp3) is 0.308. The zero-order chi connectivity index (χ0) is 11.3. The molecule has 0 saturated carbocycles. The predicted molar refractivity (Wildman–Crippen MR) is 61.6 cm³/mol. The van der Waals surface area contributed by atoms with Crippen molar-refractivity contribution in [1.29, 1.82) is 5.26 Å². The molecule has 0 bridgehead atoms. The standard InChI is InChI=1S/C13H15NO/c1-4-5-11(9-14)12-8-10(2)6-7-13(12)15-3/h5-8H,4H2,1-3H3/b11-5+. The first-order valence-electron chi connectivity index (χ1n) is 4.98. The van der Waals surface area contributed by atoms with Crippen LogP contribution in [0.25, 0.3) is 5.57 Å². The molecule has 0 heterocycles. The number of hydrogen-bond donors (Lipinski definition) is 0. The first-order valence-corrected chi connectivity index (χ1v) is 4.98. The van der Waals surface area contributed by atoms with Gasteiger partial charge >= 0.3 is 0 Å². The van der Waals surface area contributed by atoms with E-state index in [1.54, 1.807) is 7.11 Å². The van der Waals surface area contributed by atoms with Gasteiger partial charge in [-0.2, -0.15) is 5.26 Å². The molecule has 15 heavy (non-hydrogen) atoms. The number of allylic oxidation sites excluding steroid dienone is 2. The zero-order valence-corrected chi connectivity index (χ0v) is 9.37. The van der Waals surface area contributed by atoms with Gasteiger partial charge in [0, 0.05) is 5.56 Å². The van der Waals surface area contributed by atoms with E-state index in [0.717, 1.165) is 23.3 Å². The Balaban J connectivity index is 3.28. The van der Waals surface area contributed by atoms with Crippen LogP contribution in [0.3, 0.4) is 0 Å². The Morgan fingerprint density at radius 2 is 2.27 bits per heavy atom. The highest BCUT2D eigenvalue weighted by atomic mass is 16.5. The van der Waals surface area contributed by atoms with Crippen LogP contribution in [-0.4, -0.2) is 7.11 Å². The van der Waals surface area contributed by atoms with Crippen LogP contribution in [0.2, 0.25) is 0 Å². The smallest absolute Gasteiger partial charge is 0.127 e. The fourth-order valence-electron chi connectivity index (χ4n) is 1.45. The molecule has 0 N–H and O–H groups in total. The van der Waals surface area contributed by atoms with Gasteiger partial charge in [0.15, 0.2) is 0 Å². The normalized spacial score (nSPS) is 10.9. The van der Waals surface area contributed by atoms with Crippen molar-refractivity contribution < 1.29 is 4.74 Å². The molecule has 2 heteroatoms. The van der Waals surface area contributed by atoms with Crippen LogP contribution in [0.5, 0.6) is 5.75 Å². The average molecular weight is 201 g/mol. The molecule has 1 rings (SSSR count). The van der Waals surface area contributed by atoms with E-state index in [4.69, 9.17) is 10.00 Å². The molecule has 1 aromatic carbocycles. The summed E-state index contributed by atoms with van der Waals surface area (Å²) in [5.74, 6) is 0.752. The van der Waals surface area contributed by atoms with Crippen LogP contribution in [-0.2, 0) is 0 Å². The lowest BCUT2D eigenvalue weighted by atomic mass is 10.0. The third-order valence-corrected chi connectivity index (χ3v) is 2.17. The molecule has 78 valence electrons. The maximum atomic E-state index is 9.05. The molecule has 0 atom stereocenters. The number of rotatable bonds is 3. The van der Waals surface area contributed by atoms with Crippen LogP contribution < -0.4 is 4.74 Å². The van der Waals surface area contributed by atoms with E-state index in [-0.39, 0.29) is 0 Å². The van der Waals surface area contributed by atoms with E-state index < -0.39 is 0 Å². The van der Waals surface area contributed by atoms with Gasteiger partial charge in [-0.25, -0.2) is 0 Å². The topological polar surface area (TPSA) is 33.0 Å². The fourth-order valence-corrected chi connectivity index (χ4v) is 1.45. The molecule has 0 spiro atoms. The third kappa shape index (κ3) is 2.60. The van der Waals surface area contributed by atoms with Crippen molar-refractivity contribution in [1.82, 2.24) is 0 Å². The van der Waals surface area contributed by atoms with Gasteiger partial charge in [-0.05, 0) is 25.5 Å². The summed E-state index contributed by atoms with van der Waals surface area (Å²) in [7, 11) is 1.62. The van der Waals surface area contributed by atoms with Gasteiger partial charge in [-0.15, -0.1) is 0 Å². The van der Waals surface area contributed by atoms with Crippen LogP contribution in [0, 0.1) is 18.3 Å². The molecule has 0 amide bonds. The maximum Gasteiger partial charge on any atom is 0.127 e. The Morgan fingerprint density at radius 1 is 1.53 bits per heavy atom. The highest BCUT2D eigenvalue weighted by Crippen LogP contribution is 2.26. The lowest BCUT2D eigenvalue weighted by Crippen LogP contribution is -1.91. The van der Waals surface area contributed by atoms with Crippen molar-refractivity contribution in [3.05, 3.63) is 35.4 Å². The minimum Gasteiger partial charge on any atom is -0.496 e. The molecule has 0 aliphatic carbocycles. The number of ether oxygens (including phenoxy) is 1. The van der Waals surface area contributed by atoms with Gasteiger partial charge in [-0.3, -0.25) is 0 Å². The molecule has 1 aromatic rings. The van der Waals surface area contributed by atoms with Crippen LogP contribution in [0.1, 0.15) is 24.5 Å². The molecular weight excluding hydrogens is 186 g/mol. The number of nitrogens with zero attached hydrogens (tertiary/aromatic N) is 1. The number of nitriles is 1. The Bertz CT molecular complexity index is 413. The molecule has 2 nitrogen and oxygen atoms in total. The Hall–Kier alpha value is -1.75. The van der Waals surface area contributed by atoms with Crippen LogP contribution in [0.4, 0.5) is 0 Å². The summed E-state index contributed by atoms with van der Waals surface area (Å²) >= 11 is 0. The summed E-state index contributed by atoms with van der Waals surface area (Å²) in [5, 5.41) is 9.05. The molecule has 0 saturated heterocycles. The molecular formula is C13H15NO. The lowest BCUT2D eigenvalue weighted by Gasteiger charge is -2.08. The van der Waals surface area contributed by atoms with Gasteiger partial charge in [0.05, 0.1) is 18.8 Å². The van der Waals surface area contributed by atoms with E-state index in [9.17, 15) is 0 Å². The van der Waals surface area contributed by atoms with Gasteiger partial charge in [-0.1, -0.05) is 24.6 Å². The van der Waals surface area contributed by atoms with Gasteiger partial charge < -0.3 is 4.74 Å². The number of hydrogen-bond acceptors (Lipinski definition) is 2. The first-order chi connectivity index (χ1) is 7.22. The van der Waals surface area contributed by atoms with Crippen molar-refractivity contribution in [2.24, 2.45) is 0 Å². The lowest BCUT2D eigenvalue weighted by molar-refractivity contribution is 0.413. The van der Waals surface area contributed by atoms with E-state index in [1.165, 1.54) is 0 Å². The quantitative estimate of drug-likeness (QED) is 0.703. The molecule has 0 fully saturated rings. The monoisotopic (exact) mass is 201 g/mol. The van der Waals surface area contributed by atoms with E-state index >= 15 is 0 Å². The number of benzene rings is 1. The van der Waals surface area contributed by atoms with Gasteiger partial charge in [0.2, 0.25) is 0 Å². The second-order valence-electron chi connectivity index (χ2n) is 3.34. The third-order valence-electron chi connectivity index (χ3n) is 2.17. The van der Waals surface area contributed by atoms with E-state index in [2.05, 4.69) is 6.07 Å². The minimum atomic E-state index is 0.679. The van der Waals surface area contributed by atoms with Crippen molar-refractivity contribution in [2.75, 3.05) is 7.11 Å². The summed E-state index contributed by atoms with van der Waals surface area (Å²) in [6, 6.07) is 8.05. The molecule has 0 radical (unpaired) electrons. The van der Waals surface area contributed by atoms with Crippen LogP contribution >= 0.6 is 0 Å². The molecule has 0 aromatic heterocycles. The first kappa shape index (κ1) is 11.3. The summed E-state index contributed by atoms with van der Waals surface area (Å²) in [5.41, 5.74) is 2.68. The van der Waals surface area contributed by atoms with Gasteiger partial charge in [0.1, 0.15) is 5.75 Å². The van der Waals surface area contributed by atoms with Crippen molar-refractivity contribution in [3.8, 4) is 11.8 Å². The van der Waals surface area contributed by atoms with E-state index in [1.807, 2.05) is 38.1 Å². The summed E-state index contributed by atoms with van der Waals surface area (Å²) in [6.45, 7) is 4.02. The van der Waals surface area contributed by atoms with E-state index in [0.29, 0.717) is 5.57 Å². The zero-order valence-electron chi connectivity index (χ0n) is 9.37. The second-order valence-corrected chi connectivity index (χ2v) is 3.34. The largest absolute Gasteiger partial charge is 0.496 e. The Kier molecular flexibility index (Phi) is 3.93. The molecule has 0 unspecified atom stereocenters. The van der Waals surface area contributed by atoms with Crippen molar-refractivity contribution >= 4 is 5.57 Å². The Morgan fingerprint density at radius 3 is 2.80 bits per heavy atom.